The van der Waals surface area contributed by atoms with Gasteiger partial charge in [-0.15, -0.1) is 11.3 Å². The molecule has 0 spiro atoms. The van der Waals surface area contributed by atoms with Gasteiger partial charge in [0.05, 0.1) is 6.04 Å². The maximum atomic E-state index is 13.7. The van der Waals surface area contributed by atoms with E-state index in [9.17, 15) is 14.0 Å². The number of carbonyl (C=O) groups is 2. The number of unbranched alkanes of at least 4 members (excludes halogenated alkanes) is 2. The van der Waals surface area contributed by atoms with Crippen molar-refractivity contribution in [3.8, 4) is 0 Å². The van der Waals surface area contributed by atoms with Crippen LogP contribution in [0.25, 0.3) is 0 Å². The van der Waals surface area contributed by atoms with Crippen molar-refractivity contribution in [1.29, 1.82) is 0 Å². The summed E-state index contributed by atoms with van der Waals surface area (Å²) in [6.07, 6.45) is 5.32. The third kappa shape index (κ3) is 5.86. The van der Waals surface area contributed by atoms with E-state index in [1.807, 2.05) is 48.4 Å². The molecule has 0 radical (unpaired) electrons. The molecule has 0 aliphatic carbocycles. The molecule has 0 N–H and O–H groups in total. The molecule has 0 fully saturated rings. The highest BCUT2D eigenvalue weighted by Crippen LogP contribution is 2.38. The molecule has 4 rings (SSSR count). The van der Waals surface area contributed by atoms with E-state index in [1.165, 1.54) is 35.4 Å². The summed E-state index contributed by atoms with van der Waals surface area (Å²) in [6.45, 7) is 6.64. The Bertz CT molecular complexity index is 1170. The minimum Gasteiger partial charge on any atom is -0.330 e. The fourth-order valence-electron chi connectivity index (χ4n) is 4.87. The number of halogens is 1. The first-order chi connectivity index (χ1) is 17.4. The summed E-state index contributed by atoms with van der Waals surface area (Å²) in [7, 11) is 0. The van der Waals surface area contributed by atoms with Gasteiger partial charge in [0.25, 0.3) is 5.91 Å². The van der Waals surface area contributed by atoms with E-state index in [0.717, 1.165) is 30.4 Å². The Morgan fingerprint density at radius 2 is 1.78 bits per heavy atom. The SMILES string of the molecule is CCCCCc1ccc(C(=O)N(CC(=O)N2CCc3sccc3C2c2ccc(F)cc2)C(C)C)cc1. The number of amides is 2. The fourth-order valence-corrected chi connectivity index (χ4v) is 5.78. The average molecular weight is 507 g/mol. The van der Waals surface area contributed by atoms with Crippen molar-refractivity contribution >= 4 is 23.2 Å². The second kappa shape index (κ2) is 11.8. The van der Waals surface area contributed by atoms with Gasteiger partial charge in [-0.1, -0.05) is 44.0 Å². The fraction of sp³-hybridized carbons (Fsp3) is 0.400. The Balaban J connectivity index is 1.53. The first kappa shape index (κ1) is 26.1. The van der Waals surface area contributed by atoms with E-state index in [1.54, 1.807) is 28.4 Å². The molecule has 1 unspecified atom stereocenters. The molecule has 2 aromatic carbocycles. The molecule has 190 valence electrons. The quantitative estimate of drug-likeness (QED) is 0.305. The number of aryl methyl sites for hydroxylation is 1. The van der Waals surface area contributed by atoms with E-state index >= 15 is 0 Å². The van der Waals surface area contributed by atoms with E-state index in [4.69, 9.17) is 0 Å². The summed E-state index contributed by atoms with van der Waals surface area (Å²) in [5.74, 6) is -0.532. The van der Waals surface area contributed by atoms with Crippen molar-refractivity contribution in [2.75, 3.05) is 13.1 Å². The minimum absolute atomic E-state index is 0.00587. The molecule has 1 aromatic heterocycles. The number of carbonyl (C=O) groups excluding carboxylic acids is 2. The van der Waals surface area contributed by atoms with Crippen LogP contribution in [0.4, 0.5) is 4.39 Å². The molecule has 1 aliphatic rings. The van der Waals surface area contributed by atoms with Crippen molar-refractivity contribution in [3.05, 3.63) is 92.9 Å². The maximum Gasteiger partial charge on any atom is 0.254 e. The number of nitrogens with zero attached hydrogens (tertiary/aromatic N) is 2. The lowest BCUT2D eigenvalue weighted by molar-refractivity contribution is -0.134. The van der Waals surface area contributed by atoms with Crippen LogP contribution in [0.15, 0.2) is 60.0 Å². The summed E-state index contributed by atoms with van der Waals surface area (Å²) in [6, 6.07) is 15.8. The van der Waals surface area contributed by atoms with Gasteiger partial charge in [0.1, 0.15) is 12.4 Å². The first-order valence-electron chi connectivity index (χ1n) is 12.9. The van der Waals surface area contributed by atoms with Crippen molar-refractivity contribution in [1.82, 2.24) is 9.80 Å². The number of thiophene rings is 1. The smallest absolute Gasteiger partial charge is 0.254 e. The van der Waals surface area contributed by atoms with Crippen molar-refractivity contribution in [3.63, 3.8) is 0 Å². The third-order valence-electron chi connectivity index (χ3n) is 6.93. The Hall–Kier alpha value is -2.99. The Labute approximate surface area is 217 Å². The summed E-state index contributed by atoms with van der Waals surface area (Å²) in [4.78, 5) is 31.9. The van der Waals surface area contributed by atoms with E-state index in [-0.39, 0.29) is 36.3 Å². The van der Waals surface area contributed by atoms with Crippen molar-refractivity contribution in [2.45, 2.75) is 65.0 Å². The molecular formula is C30H35FN2O2S. The summed E-state index contributed by atoms with van der Waals surface area (Å²) in [5.41, 5.74) is 3.80. The summed E-state index contributed by atoms with van der Waals surface area (Å²) < 4.78 is 13.6. The van der Waals surface area contributed by atoms with Crippen LogP contribution in [0.5, 0.6) is 0 Å². The highest BCUT2D eigenvalue weighted by atomic mass is 32.1. The lowest BCUT2D eigenvalue weighted by Gasteiger charge is -2.38. The van der Waals surface area contributed by atoms with Gasteiger partial charge in [-0.25, -0.2) is 4.39 Å². The van der Waals surface area contributed by atoms with Crippen LogP contribution in [0.2, 0.25) is 0 Å². The molecule has 1 aliphatic heterocycles. The van der Waals surface area contributed by atoms with Crippen LogP contribution in [0.1, 0.15) is 78.0 Å². The van der Waals surface area contributed by atoms with Crippen molar-refractivity contribution in [2.24, 2.45) is 0 Å². The molecule has 2 heterocycles. The van der Waals surface area contributed by atoms with Crippen LogP contribution < -0.4 is 0 Å². The topological polar surface area (TPSA) is 40.6 Å². The Kier molecular flexibility index (Phi) is 8.57. The molecule has 1 atom stereocenters. The first-order valence-corrected chi connectivity index (χ1v) is 13.8. The molecule has 0 saturated heterocycles. The van der Waals surface area contributed by atoms with E-state index in [0.29, 0.717) is 12.1 Å². The van der Waals surface area contributed by atoms with Gasteiger partial charge in [-0.3, -0.25) is 9.59 Å². The number of hydrogen-bond acceptors (Lipinski definition) is 3. The second-order valence-electron chi connectivity index (χ2n) is 9.77. The molecule has 36 heavy (non-hydrogen) atoms. The highest BCUT2D eigenvalue weighted by Gasteiger charge is 2.34. The van der Waals surface area contributed by atoms with Crippen LogP contribution in [-0.4, -0.2) is 40.7 Å². The molecular weight excluding hydrogens is 471 g/mol. The van der Waals surface area contributed by atoms with E-state index in [2.05, 4.69) is 13.0 Å². The predicted molar refractivity (Wildman–Crippen MR) is 144 cm³/mol. The van der Waals surface area contributed by atoms with Gasteiger partial charge >= 0.3 is 0 Å². The molecule has 0 saturated carbocycles. The number of hydrogen-bond donors (Lipinski definition) is 0. The van der Waals surface area contributed by atoms with Gasteiger partial charge in [0, 0.05) is 23.0 Å². The van der Waals surface area contributed by atoms with Gasteiger partial charge in [-0.05, 0) is 85.5 Å². The lowest BCUT2D eigenvalue weighted by atomic mass is 9.93. The number of fused-ring (bicyclic) bond motifs is 1. The zero-order valence-corrected chi connectivity index (χ0v) is 22.2. The van der Waals surface area contributed by atoms with E-state index < -0.39 is 0 Å². The molecule has 6 heteroatoms. The lowest BCUT2D eigenvalue weighted by Crippen LogP contribution is -2.48. The maximum absolute atomic E-state index is 13.7. The highest BCUT2D eigenvalue weighted by molar-refractivity contribution is 7.10. The number of rotatable bonds is 9. The zero-order valence-electron chi connectivity index (χ0n) is 21.4. The zero-order chi connectivity index (χ0) is 25.7. The van der Waals surface area contributed by atoms with Crippen LogP contribution in [0, 0.1) is 5.82 Å². The Morgan fingerprint density at radius 3 is 2.44 bits per heavy atom. The van der Waals surface area contributed by atoms with Gasteiger partial charge in [0.2, 0.25) is 5.91 Å². The summed E-state index contributed by atoms with van der Waals surface area (Å²) >= 11 is 1.69. The normalized spacial score (nSPS) is 15.1. The van der Waals surface area contributed by atoms with Gasteiger partial charge < -0.3 is 9.80 Å². The largest absolute Gasteiger partial charge is 0.330 e. The molecule has 4 nitrogen and oxygen atoms in total. The minimum atomic E-state index is -0.300. The summed E-state index contributed by atoms with van der Waals surface area (Å²) in [5, 5.41) is 2.05. The number of benzene rings is 2. The van der Waals surface area contributed by atoms with Gasteiger partial charge in [0.15, 0.2) is 0 Å². The monoisotopic (exact) mass is 506 g/mol. The molecule has 0 bridgehead atoms. The molecule has 2 amide bonds. The van der Waals surface area contributed by atoms with Crippen molar-refractivity contribution < 1.29 is 14.0 Å². The molecule has 3 aromatic rings. The second-order valence-corrected chi connectivity index (χ2v) is 10.8. The predicted octanol–water partition coefficient (Wildman–Crippen LogP) is 6.64. The third-order valence-corrected chi connectivity index (χ3v) is 7.93. The average Bonchev–Trinajstić information content (AvgIpc) is 3.36. The van der Waals surface area contributed by atoms with Crippen LogP contribution in [-0.2, 0) is 17.6 Å². The van der Waals surface area contributed by atoms with Crippen LogP contribution in [0.3, 0.4) is 0 Å². The van der Waals surface area contributed by atoms with Crippen LogP contribution >= 0.6 is 11.3 Å². The van der Waals surface area contributed by atoms with Gasteiger partial charge in [-0.2, -0.15) is 0 Å². The Morgan fingerprint density at radius 1 is 1.06 bits per heavy atom. The standard InChI is InChI=1S/C30H35FN2O2S/c1-4-5-6-7-22-8-10-24(11-9-22)30(35)33(21(2)3)20-28(34)32-18-16-27-26(17-19-36-27)29(32)23-12-14-25(31)15-13-23/h8-15,17,19,21,29H,4-7,16,18,20H2,1-3H3.